The van der Waals surface area contributed by atoms with Crippen LogP contribution in [0, 0.1) is 12.3 Å². The summed E-state index contributed by atoms with van der Waals surface area (Å²) in [5, 5.41) is 0. The molecule has 0 spiro atoms. The van der Waals surface area contributed by atoms with E-state index in [4.69, 9.17) is 15.6 Å². The van der Waals surface area contributed by atoms with Crippen LogP contribution >= 0.6 is 0 Å². The summed E-state index contributed by atoms with van der Waals surface area (Å²) in [6.07, 6.45) is 8.79. The van der Waals surface area contributed by atoms with Gasteiger partial charge in [0.1, 0.15) is 0 Å². The second-order valence-corrected chi connectivity index (χ2v) is 3.29. The summed E-state index contributed by atoms with van der Waals surface area (Å²) in [5.41, 5.74) is 0. The topological polar surface area (TPSA) is 39.4 Å². The molecule has 1 heterocycles. The quantitative estimate of drug-likeness (QED) is 0.422. The summed E-state index contributed by atoms with van der Waals surface area (Å²) in [6.45, 7) is 1.84. The maximum absolute atomic E-state index is 11.4. The van der Waals surface area contributed by atoms with Crippen molar-refractivity contribution >= 4 is 5.97 Å². The highest BCUT2D eigenvalue weighted by Crippen LogP contribution is 2.08. The van der Waals surface area contributed by atoms with E-state index in [9.17, 15) is 4.79 Å². The number of rotatable bonds is 5. The maximum atomic E-state index is 11.4. The van der Waals surface area contributed by atoms with Crippen LogP contribution < -0.4 is 0 Å². The van der Waals surface area contributed by atoms with Crippen molar-refractivity contribution in [2.24, 2.45) is 0 Å². The molecular formula is C12H14O3. The third-order valence-corrected chi connectivity index (χ3v) is 1.96. The smallest absolute Gasteiger partial charge is 0.374 e. The third kappa shape index (κ3) is 3.90. The fraction of sp³-hybridized carbons (Fsp3) is 0.417. The van der Waals surface area contributed by atoms with Crippen molar-refractivity contribution < 1.29 is 13.9 Å². The van der Waals surface area contributed by atoms with E-state index in [1.807, 2.05) is 6.92 Å². The van der Waals surface area contributed by atoms with Crippen LogP contribution in [-0.4, -0.2) is 12.1 Å². The van der Waals surface area contributed by atoms with Gasteiger partial charge in [-0.05, 0) is 31.9 Å². The number of hydrogen-bond donors (Lipinski definition) is 0. The second kappa shape index (κ2) is 5.92. The van der Waals surface area contributed by atoms with Crippen LogP contribution in [0.25, 0.3) is 0 Å². The molecule has 1 aromatic rings. The molecule has 1 atom stereocenters. The Morgan fingerprint density at radius 3 is 3.13 bits per heavy atom. The predicted octanol–water partition coefficient (Wildman–Crippen LogP) is 2.63. The molecule has 1 aromatic heterocycles. The molecule has 1 rings (SSSR count). The summed E-state index contributed by atoms with van der Waals surface area (Å²) in [5.74, 6) is 2.36. The van der Waals surface area contributed by atoms with Crippen LogP contribution in [0.3, 0.4) is 0 Å². The lowest BCUT2D eigenvalue weighted by atomic mass is 10.2. The molecule has 0 bridgehead atoms. The summed E-state index contributed by atoms with van der Waals surface area (Å²) < 4.78 is 10.1. The van der Waals surface area contributed by atoms with E-state index in [1.165, 1.54) is 6.26 Å². The van der Waals surface area contributed by atoms with Gasteiger partial charge in [0.15, 0.2) is 0 Å². The standard InChI is InChI=1S/C12H14O3/c1-3-4-5-7-10(2)15-12(13)11-8-6-9-14-11/h1,6,8-10H,4-5,7H2,2H3. The molecule has 0 aliphatic carbocycles. The molecule has 1 unspecified atom stereocenters. The first-order chi connectivity index (χ1) is 7.24. The van der Waals surface area contributed by atoms with Gasteiger partial charge in [-0.2, -0.15) is 0 Å². The highest BCUT2D eigenvalue weighted by molar-refractivity contribution is 5.86. The first-order valence-corrected chi connectivity index (χ1v) is 4.92. The third-order valence-electron chi connectivity index (χ3n) is 1.96. The number of unbranched alkanes of at least 4 members (excludes halogenated alkanes) is 1. The normalized spacial score (nSPS) is 11.7. The summed E-state index contributed by atoms with van der Waals surface area (Å²) in [7, 11) is 0. The molecule has 0 saturated carbocycles. The van der Waals surface area contributed by atoms with Gasteiger partial charge in [-0.1, -0.05) is 0 Å². The predicted molar refractivity (Wildman–Crippen MR) is 56.3 cm³/mol. The fourth-order valence-corrected chi connectivity index (χ4v) is 1.19. The average molecular weight is 206 g/mol. The lowest BCUT2D eigenvalue weighted by Gasteiger charge is -2.10. The van der Waals surface area contributed by atoms with Crippen LogP contribution in [0.2, 0.25) is 0 Å². The summed E-state index contributed by atoms with van der Waals surface area (Å²) in [6, 6.07) is 3.23. The van der Waals surface area contributed by atoms with Crippen molar-refractivity contribution in [3.05, 3.63) is 24.2 Å². The number of ether oxygens (including phenoxy) is 1. The van der Waals surface area contributed by atoms with Crippen LogP contribution in [0.15, 0.2) is 22.8 Å². The molecule has 0 aliphatic heterocycles. The molecule has 0 amide bonds. The number of terminal acetylenes is 1. The van der Waals surface area contributed by atoms with Gasteiger partial charge >= 0.3 is 5.97 Å². The Labute approximate surface area is 89.4 Å². The van der Waals surface area contributed by atoms with Crippen molar-refractivity contribution in [2.75, 3.05) is 0 Å². The maximum Gasteiger partial charge on any atom is 0.374 e. The molecule has 0 N–H and O–H groups in total. The lowest BCUT2D eigenvalue weighted by Crippen LogP contribution is -2.14. The number of furan rings is 1. The Bertz CT molecular complexity index is 332. The number of carbonyl (C=O) groups is 1. The molecule has 0 fully saturated rings. The molecule has 15 heavy (non-hydrogen) atoms. The number of esters is 1. The van der Waals surface area contributed by atoms with Crippen LogP contribution in [0.4, 0.5) is 0 Å². The van der Waals surface area contributed by atoms with Gasteiger partial charge in [0.2, 0.25) is 5.76 Å². The average Bonchev–Trinajstić information content (AvgIpc) is 2.70. The Kier molecular flexibility index (Phi) is 4.49. The molecule has 0 aliphatic rings. The molecule has 0 aromatic carbocycles. The zero-order valence-corrected chi connectivity index (χ0v) is 8.73. The minimum absolute atomic E-state index is 0.129. The van der Waals surface area contributed by atoms with Gasteiger partial charge in [-0.15, -0.1) is 12.3 Å². The minimum atomic E-state index is -0.423. The zero-order chi connectivity index (χ0) is 11.1. The first-order valence-electron chi connectivity index (χ1n) is 4.92. The van der Waals surface area contributed by atoms with E-state index in [-0.39, 0.29) is 11.9 Å². The summed E-state index contributed by atoms with van der Waals surface area (Å²) >= 11 is 0. The van der Waals surface area contributed by atoms with Gasteiger partial charge in [-0.3, -0.25) is 0 Å². The van der Waals surface area contributed by atoms with Crippen molar-refractivity contribution in [3.8, 4) is 12.3 Å². The minimum Gasteiger partial charge on any atom is -0.457 e. The molecule has 3 nitrogen and oxygen atoms in total. The van der Waals surface area contributed by atoms with E-state index in [2.05, 4.69) is 5.92 Å². The van der Waals surface area contributed by atoms with Gasteiger partial charge < -0.3 is 9.15 Å². The van der Waals surface area contributed by atoms with Crippen LogP contribution in [0.1, 0.15) is 36.7 Å². The van der Waals surface area contributed by atoms with E-state index in [0.29, 0.717) is 6.42 Å². The number of hydrogen-bond acceptors (Lipinski definition) is 3. The molecule has 0 saturated heterocycles. The lowest BCUT2D eigenvalue weighted by molar-refractivity contribution is 0.0285. The monoisotopic (exact) mass is 206 g/mol. The Balaban J connectivity index is 2.29. The van der Waals surface area contributed by atoms with E-state index >= 15 is 0 Å². The van der Waals surface area contributed by atoms with E-state index in [0.717, 1.165) is 12.8 Å². The Morgan fingerprint density at radius 2 is 2.53 bits per heavy atom. The van der Waals surface area contributed by atoms with Crippen molar-refractivity contribution in [3.63, 3.8) is 0 Å². The summed E-state index contributed by atoms with van der Waals surface area (Å²) in [4.78, 5) is 11.4. The van der Waals surface area contributed by atoms with Crippen molar-refractivity contribution in [2.45, 2.75) is 32.3 Å². The molecular weight excluding hydrogens is 192 g/mol. The van der Waals surface area contributed by atoms with E-state index in [1.54, 1.807) is 12.1 Å². The molecule has 0 radical (unpaired) electrons. The fourth-order valence-electron chi connectivity index (χ4n) is 1.19. The van der Waals surface area contributed by atoms with E-state index < -0.39 is 5.97 Å². The highest BCUT2D eigenvalue weighted by atomic mass is 16.6. The van der Waals surface area contributed by atoms with Crippen molar-refractivity contribution in [1.82, 2.24) is 0 Å². The van der Waals surface area contributed by atoms with Gasteiger partial charge in [0.25, 0.3) is 0 Å². The van der Waals surface area contributed by atoms with Crippen LogP contribution in [0.5, 0.6) is 0 Å². The van der Waals surface area contributed by atoms with Gasteiger partial charge in [-0.25, -0.2) is 4.79 Å². The number of carbonyl (C=O) groups excluding carboxylic acids is 1. The van der Waals surface area contributed by atoms with Crippen molar-refractivity contribution in [1.29, 1.82) is 0 Å². The zero-order valence-electron chi connectivity index (χ0n) is 8.73. The SMILES string of the molecule is C#CCCCC(C)OC(=O)c1ccco1. The largest absolute Gasteiger partial charge is 0.457 e. The molecule has 3 heteroatoms. The second-order valence-electron chi connectivity index (χ2n) is 3.29. The highest BCUT2D eigenvalue weighted by Gasteiger charge is 2.13. The van der Waals surface area contributed by atoms with Crippen LogP contribution in [-0.2, 0) is 4.74 Å². The first kappa shape index (κ1) is 11.4. The van der Waals surface area contributed by atoms with Gasteiger partial charge in [0, 0.05) is 6.42 Å². The molecule has 80 valence electrons. The Morgan fingerprint density at radius 1 is 1.73 bits per heavy atom. The van der Waals surface area contributed by atoms with Gasteiger partial charge in [0.05, 0.1) is 12.4 Å². The Hall–Kier alpha value is -1.69.